The second kappa shape index (κ2) is 6.74. The van der Waals surface area contributed by atoms with Crippen LogP contribution < -0.4 is 16.0 Å². The molecule has 2 aromatic rings. The molecule has 20 heavy (non-hydrogen) atoms. The summed E-state index contributed by atoms with van der Waals surface area (Å²) in [5.74, 6) is 6.42. The number of rotatable bonds is 6. The van der Waals surface area contributed by atoms with Crippen LogP contribution >= 0.6 is 11.6 Å². The van der Waals surface area contributed by atoms with Crippen molar-refractivity contribution in [3.63, 3.8) is 0 Å². The highest BCUT2D eigenvalue weighted by molar-refractivity contribution is 6.30. The molecule has 1 aromatic heterocycles. The minimum absolute atomic E-state index is 0.00224. The topological polar surface area (TPSA) is 65.1 Å². The van der Waals surface area contributed by atoms with Gasteiger partial charge >= 0.3 is 0 Å². The van der Waals surface area contributed by atoms with Crippen molar-refractivity contribution in [1.29, 1.82) is 0 Å². The Balaban J connectivity index is 2.11. The normalized spacial score (nSPS) is 12.4. The fourth-order valence-electron chi connectivity index (χ4n) is 2.21. The zero-order chi connectivity index (χ0) is 14.5. The molecule has 5 nitrogen and oxygen atoms in total. The summed E-state index contributed by atoms with van der Waals surface area (Å²) in [6.45, 7) is 0. The third-order valence-corrected chi connectivity index (χ3v) is 3.49. The first kappa shape index (κ1) is 14.8. The third-order valence-electron chi connectivity index (χ3n) is 3.25. The number of hydrogen-bond acceptors (Lipinski definition) is 4. The zero-order valence-corrected chi connectivity index (χ0v) is 12.4. The van der Waals surface area contributed by atoms with E-state index in [0.29, 0.717) is 5.02 Å². The lowest BCUT2D eigenvalue weighted by atomic mass is 10.00. The Bertz CT molecular complexity index is 570. The molecule has 108 valence electrons. The van der Waals surface area contributed by atoms with E-state index in [-0.39, 0.29) is 6.04 Å². The molecule has 1 unspecified atom stereocenters. The van der Waals surface area contributed by atoms with Crippen LogP contribution in [0.5, 0.6) is 5.75 Å². The highest BCUT2D eigenvalue weighted by atomic mass is 35.5. The molecule has 0 aliphatic heterocycles. The quantitative estimate of drug-likeness (QED) is 0.633. The molecule has 0 fully saturated rings. The SMILES string of the molecule is COc1cc(Cl)ccc1C(CCc1cnn(C)c1)NN. The van der Waals surface area contributed by atoms with E-state index in [0.717, 1.165) is 24.2 Å². The lowest BCUT2D eigenvalue weighted by Crippen LogP contribution is -2.28. The van der Waals surface area contributed by atoms with Crippen LogP contribution in [0.15, 0.2) is 30.6 Å². The van der Waals surface area contributed by atoms with Gasteiger partial charge in [-0.25, -0.2) is 0 Å². The van der Waals surface area contributed by atoms with Gasteiger partial charge in [0.1, 0.15) is 5.75 Å². The molecule has 1 atom stereocenters. The lowest BCUT2D eigenvalue weighted by molar-refractivity contribution is 0.396. The average molecular weight is 295 g/mol. The van der Waals surface area contributed by atoms with E-state index in [1.165, 1.54) is 5.56 Å². The van der Waals surface area contributed by atoms with Gasteiger partial charge in [0.05, 0.1) is 13.3 Å². The Morgan fingerprint density at radius 2 is 2.30 bits per heavy atom. The van der Waals surface area contributed by atoms with Crippen LogP contribution in [0.25, 0.3) is 0 Å². The minimum Gasteiger partial charge on any atom is -0.496 e. The predicted molar refractivity (Wildman–Crippen MR) is 79.6 cm³/mol. The summed E-state index contributed by atoms with van der Waals surface area (Å²) in [4.78, 5) is 0. The summed E-state index contributed by atoms with van der Waals surface area (Å²) >= 11 is 5.98. The Morgan fingerprint density at radius 1 is 1.50 bits per heavy atom. The Labute approximate surface area is 123 Å². The van der Waals surface area contributed by atoms with Gasteiger partial charge in [0.25, 0.3) is 0 Å². The van der Waals surface area contributed by atoms with Crippen LogP contribution in [0.1, 0.15) is 23.6 Å². The summed E-state index contributed by atoms with van der Waals surface area (Å²) in [5, 5.41) is 4.81. The number of benzene rings is 1. The maximum atomic E-state index is 5.98. The van der Waals surface area contributed by atoms with Crippen LogP contribution in [0.2, 0.25) is 5.02 Å². The molecule has 1 aromatic carbocycles. The second-order valence-corrected chi connectivity index (χ2v) is 5.10. The van der Waals surface area contributed by atoms with Gasteiger partial charge in [-0.15, -0.1) is 0 Å². The average Bonchev–Trinajstić information content (AvgIpc) is 2.86. The number of halogens is 1. The largest absolute Gasteiger partial charge is 0.496 e. The molecule has 0 radical (unpaired) electrons. The van der Waals surface area contributed by atoms with Gasteiger partial charge < -0.3 is 4.74 Å². The Morgan fingerprint density at radius 3 is 2.90 bits per heavy atom. The van der Waals surface area contributed by atoms with Gasteiger partial charge in [-0.1, -0.05) is 17.7 Å². The van der Waals surface area contributed by atoms with E-state index in [4.69, 9.17) is 22.2 Å². The molecule has 0 amide bonds. The number of nitrogens with zero attached hydrogens (tertiary/aromatic N) is 2. The zero-order valence-electron chi connectivity index (χ0n) is 11.6. The van der Waals surface area contributed by atoms with E-state index < -0.39 is 0 Å². The molecule has 0 aliphatic carbocycles. The maximum absolute atomic E-state index is 5.98. The molecule has 0 saturated carbocycles. The standard InChI is InChI=1S/C14H19ClN4O/c1-19-9-10(8-17-19)3-6-13(18-16)12-5-4-11(15)7-14(12)20-2/h4-5,7-9,13,18H,3,6,16H2,1-2H3. The first-order valence-electron chi connectivity index (χ1n) is 6.41. The van der Waals surface area contributed by atoms with Gasteiger partial charge in [0.15, 0.2) is 0 Å². The lowest BCUT2D eigenvalue weighted by Gasteiger charge is -2.19. The third kappa shape index (κ3) is 3.50. The molecule has 6 heteroatoms. The van der Waals surface area contributed by atoms with Crippen molar-refractivity contribution in [2.24, 2.45) is 12.9 Å². The predicted octanol–water partition coefficient (Wildman–Crippen LogP) is 2.22. The molecule has 0 saturated heterocycles. The molecule has 0 spiro atoms. The fourth-order valence-corrected chi connectivity index (χ4v) is 2.38. The number of aryl methyl sites for hydroxylation is 2. The fraction of sp³-hybridized carbons (Fsp3) is 0.357. The molecular formula is C14H19ClN4O. The van der Waals surface area contributed by atoms with Crippen LogP contribution in [0.4, 0.5) is 0 Å². The number of ether oxygens (including phenoxy) is 1. The molecule has 0 aliphatic rings. The second-order valence-electron chi connectivity index (χ2n) is 4.67. The Hall–Kier alpha value is -1.56. The van der Waals surface area contributed by atoms with Gasteiger partial charge in [-0.3, -0.25) is 16.0 Å². The summed E-state index contributed by atoms with van der Waals surface area (Å²) < 4.78 is 7.16. The van der Waals surface area contributed by atoms with Crippen LogP contribution in [-0.2, 0) is 13.5 Å². The molecule has 3 N–H and O–H groups in total. The summed E-state index contributed by atoms with van der Waals surface area (Å²) in [6, 6.07) is 5.58. The van der Waals surface area contributed by atoms with E-state index in [2.05, 4.69) is 10.5 Å². The number of nitrogens with one attached hydrogen (secondary N) is 1. The van der Waals surface area contributed by atoms with E-state index in [1.807, 2.05) is 31.6 Å². The van der Waals surface area contributed by atoms with Gasteiger partial charge in [-0.05, 0) is 30.5 Å². The van der Waals surface area contributed by atoms with Crippen molar-refractivity contribution in [3.05, 3.63) is 46.7 Å². The van der Waals surface area contributed by atoms with Gasteiger partial charge in [0.2, 0.25) is 0 Å². The van der Waals surface area contributed by atoms with Crippen molar-refractivity contribution < 1.29 is 4.74 Å². The molecule has 1 heterocycles. The van der Waals surface area contributed by atoms with Gasteiger partial charge in [0, 0.05) is 29.9 Å². The highest BCUT2D eigenvalue weighted by Crippen LogP contribution is 2.30. The molecule has 2 rings (SSSR count). The van der Waals surface area contributed by atoms with E-state index in [9.17, 15) is 0 Å². The number of aromatic nitrogens is 2. The van der Waals surface area contributed by atoms with Crippen LogP contribution in [0, 0.1) is 0 Å². The van der Waals surface area contributed by atoms with Crippen molar-refractivity contribution in [2.75, 3.05) is 7.11 Å². The summed E-state index contributed by atoms with van der Waals surface area (Å²) in [6.07, 6.45) is 5.61. The van der Waals surface area contributed by atoms with Crippen molar-refractivity contribution in [1.82, 2.24) is 15.2 Å². The smallest absolute Gasteiger partial charge is 0.125 e. The number of nitrogens with two attached hydrogens (primary N) is 1. The first-order chi connectivity index (χ1) is 9.63. The first-order valence-corrected chi connectivity index (χ1v) is 6.79. The summed E-state index contributed by atoms with van der Waals surface area (Å²) in [7, 11) is 3.54. The Kier molecular flexibility index (Phi) is 5.00. The molecular weight excluding hydrogens is 276 g/mol. The monoisotopic (exact) mass is 294 g/mol. The van der Waals surface area contributed by atoms with Crippen molar-refractivity contribution in [2.45, 2.75) is 18.9 Å². The van der Waals surface area contributed by atoms with E-state index in [1.54, 1.807) is 17.9 Å². The van der Waals surface area contributed by atoms with E-state index >= 15 is 0 Å². The highest BCUT2D eigenvalue weighted by Gasteiger charge is 2.15. The van der Waals surface area contributed by atoms with Crippen molar-refractivity contribution >= 4 is 11.6 Å². The minimum atomic E-state index is 0.00224. The van der Waals surface area contributed by atoms with Gasteiger partial charge in [-0.2, -0.15) is 5.10 Å². The number of hydrogen-bond donors (Lipinski definition) is 2. The van der Waals surface area contributed by atoms with Crippen LogP contribution in [0.3, 0.4) is 0 Å². The number of hydrazine groups is 1. The van der Waals surface area contributed by atoms with Crippen molar-refractivity contribution in [3.8, 4) is 5.75 Å². The maximum Gasteiger partial charge on any atom is 0.125 e. The summed E-state index contributed by atoms with van der Waals surface area (Å²) in [5.41, 5.74) is 5.02. The number of methoxy groups -OCH3 is 1. The van der Waals surface area contributed by atoms with Crippen LogP contribution in [-0.4, -0.2) is 16.9 Å². The molecule has 0 bridgehead atoms.